The Morgan fingerprint density at radius 1 is 0.935 bits per heavy atom. The van der Waals surface area contributed by atoms with Crippen LogP contribution in [-0.2, 0) is 20.0 Å². The molecule has 31 heavy (non-hydrogen) atoms. The number of benzene rings is 2. The molecule has 2 heterocycles. The Bertz CT molecular complexity index is 1180. The van der Waals surface area contributed by atoms with Crippen LogP contribution in [0.3, 0.4) is 0 Å². The molecule has 0 saturated carbocycles. The van der Waals surface area contributed by atoms with Crippen molar-refractivity contribution in [1.82, 2.24) is 24.6 Å². The average molecular weight is 416 g/mol. The van der Waals surface area contributed by atoms with Gasteiger partial charge in [0.1, 0.15) is 5.75 Å². The van der Waals surface area contributed by atoms with Gasteiger partial charge in [-0.15, -0.1) is 0 Å². The zero-order valence-electron chi connectivity index (χ0n) is 18.7. The van der Waals surface area contributed by atoms with Crippen molar-refractivity contribution in [2.24, 2.45) is 7.05 Å². The SMILES string of the molecule is CCN(CC)Cc1cc(Cc2ccc3ncc(-c4cnn(C)c4)nc3c2)cc(OC)c1. The lowest BCUT2D eigenvalue weighted by Gasteiger charge is -2.19. The molecule has 0 aliphatic heterocycles. The molecule has 2 aromatic carbocycles. The standard InChI is InChI=1S/C25H29N5O/c1-5-30(6-2)16-20-10-19(11-22(12-20)31-4)9-18-7-8-23-24(13-18)28-25(15-26-23)21-14-27-29(3)17-21/h7-8,10-15,17H,5-6,9,16H2,1-4H3. The molecule has 0 unspecified atom stereocenters. The molecule has 4 rings (SSSR count). The van der Waals surface area contributed by atoms with Crippen molar-refractivity contribution in [1.29, 1.82) is 0 Å². The van der Waals surface area contributed by atoms with Crippen molar-refractivity contribution in [2.45, 2.75) is 26.8 Å². The molecular formula is C25H29N5O. The number of nitrogens with zero attached hydrogens (tertiary/aromatic N) is 5. The number of hydrogen-bond donors (Lipinski definition) is 0. The predicted octanol–water partition coefficient (Wildman–Crippen LogP) is 4.47. The van der Waals surface area contributed by atoms with Gasteiger partial charge in [-0.3, -0.25) is 14.6 Å². The molecule has 6 heteroatoms. The normalized spacial score (nSPS) is 11.4. The summed E-state index contributed by atoms with van der Waals surface area (Å²) < 4.78 is 7.34. The minimum atomic E-state index is 0.817. The van der Waals surface area contributed by atoms with E-state index < -0.39 is 0 Å². The number of aryl methyl sites for hydroxylation is 1. The van der Waals surface area contributed by atoms with Crippen LogP contribution in [0.1, 0.15) is 30.5 Å². The van der Waals surface area contributed by atoms with Crippen LogP contribution in [0.15, 0.2) is 55.0 Å². The van der Waals surface area contributed by atoms with Gasteiger partial charge in [0.05, 0.1) is 36.2 Å². The van der Waals surface area contributed by atoms with Crippen molar-refractivity contribution >= 4 is 11.0 Å². The first-order valence-electron chi connectivity index (χ1n) is 10.7. The Hall–Kier alpha value is -3.25. The fourth-order valence-electron chi connectivity index (χ4n) is 3.84. The van der Waals surface area contributed by atoms with Gasteiger partial charge in [-0.2, -0.15) is 5.10 Å². The number of hydrogen-bond acceptors (Lipinski definition) is 5. The largest absolute Gasteiger partial charge is 0.497 e. The Labute approximate surface area is 183 Å². The fourth-order valence-corrected chi connectivity index (χ4v) is 3.84. The van der Waals surface area contributed by atoms with Crippen molar-refractivity contribution < 1.29 is 4.74 Å². The molecule has 6 nitrogen and oxygen atoms in total. The van der Waals surface area contributed by atoms with E-state index in [4.69, 9.17) is 9.72 Å². The minimum Gasteiger partial charge on any atom is -0.497 e. The second kappa shape index (κ2) is 9.27. The number of aromatic nitrogens is 4. The molecule has 0 bridgehead atoms. The van der Waals surface area contributed by atoms with Gasteiger partial charge in [0.2, 0.25) is 0 Å². The molecule has 160 valence electrons. The van der Waals surface area contributed by atoms with E-state index >= 15 is 0 Å². The van der Waals surface area contributed by atoms with Crippen LogP contribution in [0.4, 0.5) is 0 Å². The van der Waals surface area contributed by atoms with E-state index in [2.05, 4.69) is 59.2 Å². The number of fused-ring (bicyclic) bond motifs is 1. The zero-order chi connectivity index (χ0) is 21.8. The van der Waals surface area contributed by atoms with Crippen molar-refractivity contribution in [3.05, 3.63) is 71.7 Å². The lowest BCUT2D eigenvalue weighted by Crippen LogP contribution is -2.22. The van der Waals surface area contributed by atoms with Crippen LogP contribution in [0.2, 0.25) is 0 Å². The summed E-state index contributed by atoms with van der Waals surface area (Å²) in [6.07, 6.45) is 6.39. The van der Waals surface area contributed by atoms with Crippen LogP contribution in [0.25, 0.3) is 22.3 Å². The highest BCUT2D eigenvalue weighted by Gasteiger charge is 2.09. The van der Waals surface area contributed by atoms with Crippen LogP contribution in [0.5, 0.6) is 5.75 Å². The summed E-state index contributed by atoms with van der Waals surface area (Å²) >= 11 is 0. The third-order valence-corrected chi connectivity index (χ3v) is 5.58. The van der Waals surface area contributed by atoms with Crippen molar-refractivity contribution in [2.75, 3.05) is 20.2 Å². The molecule has 0 amide bonds. The molecule has 0 N–H and O–H groups in total. The molecule has 4 aromatic rings. The lowest BCUT2D eigenvalue weighted by molar-refractivity contribution is 0.295. The summed E-state index contributed by atoms with van der Waals surface area (Å²) in [5.74, 6) is 0.902. The summed E-state index contributed by atoms with van der Waals surface area (Å²) in [7, 11) is 3.63. The smallest absolute Gasteiger partial charge is 0.119 e. The Balaban J connectivity index is 1.63. The van der Waals surface area contributed by atoms with Gasteiger partial charge < -0.3 is 4.74 Å². The van der Waals surface area contributed by atoms with E-state index in [9.17, 15) is 0 Å². The van der Waals surface area contributed by atoms with E-state index in [-0.39, 0.29) is 0 Å². The third kappa shape index (κ3) is 4.91. The first-order chi connectivity index (χ1) is 15.1. The maximum absolute atomic E-state index is 5.57. The van der Waals surface area contributed by atoms with Gasteiger partial charge in [-0.25, -0.2) is 4.98 Å². The van der Waals surface area contributed by atoms with Gasteiger partial charge in [-0.05, 0) is 60.5 Å². The highest BCUT2D eigenvalue weighted by Crippen LogP contribution is 2.23. The van der Waals surface area contributed by atoms with Crippen LogP contribution < -0.4 is 4.74 Å². The summed E-state index contributed by atoms with van der Waals surface area (Å²) in [5, 5.41) is 4.24. The maximum Gasteiger partial charge on any atom is 0.119 e. The predicted molar refractivity (Wildman–Crippen MR) is 124 cm³/mol. The van der Waals surface area contributed by atoms with Gasteiger partial charge in [-0.1, -0.05) is 26.0 Å². The summed E-state index contributed by atoms with van der Waals surface area (Å²) in [6.45, 7) is 7.38. The van der Waals surface area contributed by atoms with Crippen molar-refractivity contribution in [3.63, 3.8) is 0 Å². The average Bonchev–Trinajstić information content (AvgIpc) is 3.23. The van der Waals surface area contributed by atoms with Crippen LogP contribution in [0, 0.1) is 0 Å². The number of methoxy groups -OCH3 is 1. The Morgan fingerprint density at radius 2 is 1.74 bits per heavy atom. The summed E-state index contributed by atoms with van der Waals surface area (Å²) in [6, 6.07) is 12.8. The highest BCUT2D eigenvalue weighted by molar-refractivity contribution is 5.77. The zero-order valence-corrected chi connectivity index (χ0v) is 18.7. The van der Waals surface area contributed by atoms with Gasteiger partial charge >= 0.3 is 0 Å². The van der Waals surface area contributed by atoms with Crippen molar-refractivity contribution in [3.8, 4) is 17.0 Å². The van der Waals surface area contributed by atoms with E-state index in [0.29, 0.717) is 0 Å². The van der Waals surface area contributed by atoms with E-state index in [1.807, 2.05) is 25.5 Å². The van der Waals surface area contributed by atoms with E-state index in [1.54, 1.807) is 18.0 Å². The lowest BCUT2D eigenvalue weighted by atomic mass is 10.0. The molecule has 0 radical (unpaired) electrons. The number of ether oxygens (including phenoxy) is 1. The molecule has 0 saturated heterocycles. The molecule has 0 aliphatic carbocycles. The molecular weight excluding hydrogens is 386 g/mol. The van der Waals surface area contributed by atoms with Crippen LogP contribution >= 0.6 is 0 Å². The molecule has 2 aromatic heterocycles. The van der Waals surface area contributed by atoms with Gasteiger partial charge in [0.15, 0.2) is 0 Å². The number of rotatable bonds is 8. The first kappa shape index (κ1) is 21.0. The minimum absolute atomic E-state index is 0.817. The highest BCUT2D eigenvalue weighted by atomic mass is 16.5. The van der Waals surface area contributed by atoms with Gasteiger partial charge in [0, 0.05) is 25.4 Å². The van der Waals surface area contributed by atoms with Crippen LogP contribution in [-0.4, -0.2) is 44.8 Å². The first-order valence-corrected chi connectivity index (χ1v) is 10.7. The maximum atomic E-state index is 5.57. The topological polar surface area (TPSA) is 56.1 Å². The Morgan fingerprint density at radius 3 is 2.45 bits per heavy atom. The van der Waals surface area contributed by atoms with E-state index in [1.165, 1.54) is 16.7 Å². The quantitative estimate of drug-likeness (QED) is 0.425. The third-order valence-electron chi connectivity index (χ3n) is 5.58. The molecule has 0 spiro atoms. The summed E-state index contributed by atoms with van der Waals surface area (Å²) in [5.41, 5.74) is 7.30. The van der Waals surface area contributed by atoms with Gasteiger partial charge in [0.25, 0.3) is 0 Å². The molecule has 0 fully saturated rings. The monoisotopic (exact) mass is 415 g/mol. The second-order valence-corrected chi connectivity index (χ2v) is 7.81. The molecule has 0 aliphatic rings. The fraction of sp³-hybridized carbons (Fsp3) is 0.320. The summed E-state index contributed by atoms with van der Waals surface area (Å²) in [4.78, 5) is 11.8. The second-order valence-electron chi connectivity index (χ2n) is 7.81. The van der Waals surface area contributed by atoms with E-state index in [0.717, 1.165) is 54.1 Å². The molecule has 0 atom stereocenters. The Kier molecular flexibility index (Phi) is 6.28.